The van der Waals surface area contributed by atoms with Crippen molar-refractivity contribution in [2.24, 2.45) is 0 Å². The standard InChI is InChI=1S/C26H14FN5O3/c27-17-9-3-1-7-15(17)19-20-22(16-8-2-4-10-18(16)34-26(20)33)35-25-21(19)24-30-23(31-32(24)13-29-25)14-6-5-11-28-12-14/h1-13,19H. The quantitative estimate of drug-likeness (QED) is 0.343. The summed E-state index contributed by atoms with van der Waals surface area (Å²) in [6.07, 6.45) is 4.79. The minimum Gasteiger partial charge on any atom is -0.437 e. The van der Waals surface area contributed by atoms with Gasteiger partial charge in [-0.15, -0.1) is 5.10 Å². The molecule has 9 heteroatoms. The fraction of sp³-hybridized carbons (Fsp3) is 0.0385. The first kappa shape index (κ1) is 19.5. The first-order valence-corrected chi connectivity index (χ1v) is 10.8. The Morgan fingerprint density at radius 1 is 0.971 bits per heavy atom. The van der Waals surface area contributed by atoms with Crippen LogP contribution >= 0.6 is 0 Å². The number of ether oxygens (including phenoxy) is 1. The molecule has 5 heterocycles. The van der Waals surface area contributed by atoms with E-state index in [2.05, 4.69) is 15.1 Å². The number of pyridine rings is 1. The van der Waals surface area contributed by atoms with Crippen LogP contribution in [-0.2, 0) is 0 Å². The van der Waals surface area contributed by atoms with Gasteiger partial charge in [0.1, 0.15) is 17.7 Å². The topological polar surface area (TPSA) is 95.4 Å². The van der Waals surface area contributed by atoms with Crippen molar-refractivity contribution >= 4 is 16.6 Å². The van der Waals surface area contributed by atoms with Crippen molar-refractivity contribution in [2.75, 3.05) is 0 Å². The number of nitrogens with zero attached hydrogens (tertiary/aromatic N) is 5. The molecular formula is C26H14FN5O3. The molecule has 0 amide bonds. The lowest BCUT2D eigenvalue weighted by atomic mass is 9.84. The van der Waals surface area contributed by atoms with Crippen molar-refractivity contribution in [1.29, 1.82) is 0 Å². The van der Waals surface area contributed by atoms with Crippen molar-refractivity contribution in [3.05, 3.63) is 112 Å². The minimum atomic E-state index is -0.877. The monoisotopic (exact) mass is 463 g/mol. The zero-order valence-electron chi connectivity index (χ0n) is 17.9. The summed E-state index contributed by atoms with van der Waals surface area (Å²) in [5, 5.41) is 5.11. The van der Waals surface area contributed by atoms with Gasteiger partial charge in [0.15, 0.2) is 17.2 Å². The van der Waals surface area contributed by atoms with Gasteiger partial charge in [0.2, 0.25) is 5.88 Å². The second-order valence-electron chi connectivity index (χ2n) is 8.09. The molecule has 1 atom stereocenters. The van der Waals surface area contributed by atoms with E-state index in [0.29, 0.717) is 39.3 Å². The molecule has 0 bridgehead atoms. The van der Waals surface area contributed by atoms with E-state index in [0.717, 1.165) is 0 Å². The van der Waals surface area contributed by atoms with Gasteiger partial charge < -0.3 is 9.15 Å². The van der Waals surface area contributed by atoms with Gasteiger partial charge >= 0.3 is 5.63 Å². The van der Waals surface area contributed by atoms with Crippen LogP contribution in [0.25, 0.3) is 28.0 Å². The second-order valence-corrected chi connectivity index (χ2v) is 8.09. The Kier molecular flexibility index (Phi) is 4.07. The molecule has 6 aromatic rings. The van der Waals surface area contributed by atoms with E-state index in [1.54, 1.807) is 54.9 Å². The van der Waals surface area contributed by atoms with Crippen LogP contribution in [0, 0.1) is 5.82 Å². The Morgan fingerprint density at radius 3 is 2.69 bits per heavy atom. The highest BCUT2D eigenvalue weighted by Crippen LogP contribution is 2.49. The molecule has 4 aromatic heterocycles. The normalized spacial score (nSPS) is 14.5. The van der Waals surface area contributed by atoms with Crippen molar-refractivity contribution in [3.8, 4) is 23.0 Å². The van der Waals surface area contributed by atoms with Gasteiger partial charge in [-0.2, -0.15) is 0 Å². The Hall–Kier alpha value is -4.92. The number of fused-ring (bicyclic) bond motifs is 6. The van der Waals surface area contributed by atoms with Crippen LogP contribution in [0.3, 0.4) is 0 Å². The van der Waals surface area contributed by atoms with Gasteiger partial charge in [-0.25, -0.2) is 23.7 Å². The predicted molar refractivity (Wildman–Crippen MR) is 124 cm³/mol. The molecule has 35 heavy (non-hydrogen) atoms. The van der Waals surface area contributed by atoms with Gasteiger partial charge in [-0.3, -0.25) is 4.98 Å². The lowest BCUT2D eigenvalue weighted by Crippen LogP contribution is -2.23. The molecule has 1 aliphatic rings. The lowest BCUT2D eigenvalue weighted by molar-refractivity contribution is 0.420. The molecule has 1 aliphatic heterocycles. The molecule has 0 N–H and O–H groups in total. The maximum Gasteiger partial charge on any atom is 0.344 e. The first-order valence-electron chi connectivity index (χ1n) is 10.8. The molecular weight excluding hydrogens is 449 g/mol. The van der Waals surface area contributed by atoms with E-state index in [1.165, 1.54) is 16.9 Å². The van der Waals surface area contributed by atoms with Crippen LogP contribution < -0.4 is 10.4 Å². The van der Waals surface area contributed by atoms with Crippen molar-refractivity contribution in [2.45, 2.75) is 5.92 Å². The minimum absolute atomic E-state index is 0.183. The van der Waals surface area contributed by atoms with E-state index >= 15 is 4.39 Å². The lowest BCUT2D eigenvalue weighted by Gasteiger charge is -2.27. The number of rotatable bonds is 2. The maximum absolute atomic E-state index is 15.2. The maximum atomic E-state index is 15.2. The van der Waals surface area contributed by atoms with E-state index in [-0.39, 0.29) is 17.0 Å². The van der Waals surface area contributed by atoms with Crippen LogP contribution in [0.4, 0.5) is 4.39 Å². The van der Waals surface area contributed by atoms with Crippen LogP contribution in [0.2, 0.25) is 0 Å². The van der Waals surface area contributed by atoms with Gasteiger partial charge in [0, 0.05) is 23.5 Å². The van der Waals surface area contributed by atoms with Gasteiger partial charge in [0.05, 0.1) is 22.4 Å². The first-order chi connectivity index (χ1) is 17.2. The number of para-hydroxylation sites is 1. The Balaban J connectivity index is 1.58. The fourth-order valence-corrected chi connectivity index (χ4v) is 4.57. The predicted octanol–water partition coefficient (Wildman–Crippen LogP) is 4.72. The molecule has 0 saturated heterocycles. The number of halogens is 1. The van der Waals surface area contributed by atoms with Crippen LogP contribution in [0.15, 0.2) is 88.6 Å². The third-order valence-corrected chi connectivity index (χ3v) is 6.10. The van der Waals surface area contributed by atoms with Gasteiger partial charge in [-0.05, 0) is 30.3 Å². The van der Waals surface area contributed by atoms with Crippen molar-refractivity contribution in [1.82, 2.24) is 24.6 Å². The molecule has 7 rings (SSSR count). The average molecular weight is 463 g/mol. The Labute approximate surface area is 196 Å². The smallest absolute Gasteiger partial charge is 0.344 e. The molecule has 168 valence electrons. The summed E-state index contributed by atoms with van der Waals surface area (Å²) in [5.74, 6) is -0.423. The van der Waals surface area contributed by atoms with Crippen molar-refractivity contribution in [3.63, 3.8) is 0 Å². The molecule has 8 nitrogen and oxygen atoms in total. The molecule has 2 aromatic carbocycles. The summed E-state index contributed by atoms with van der Waals surface area (Å²) in [5.41, 5.74) is 1.73. The second kappa shape index (κ2) is 7.29. The number of benzene rings is 2. The Morgan fingerprint density at radius 2 is 1.83 bits per heavy atom. The van der Waals surface area contributed by atoms with E-state index < -0.39 is 17.4 Å². The number of aromatic nitrogens is 5. The third-order valence-electron chi connectivity index (χ3n) is 6.10. The molecule has 0 aliphatic carbocycles. The zero-order valence-corrected chi connectivity index (χ0v) is 17.9. The Bertz CT molecular complexity index is 1830. The largest absolute Gasteiger partial charge is 0.437 e. The molecule has 1 unspecified atom stereocenters. The van der Waals surface area contributed by atoms with E-state index in [4.69, 9.17) is 14.1 Å². The molecule has 0 spiro atoms. The summed E-state index contributed by atoms with van der Waals surface area (Å²) >= 11 is 0. The highest BCUT2D eigenvalue weighted by atomic mass is 19.1. The summed E-state index contributed by atoms with van der Waals surface area (Å²) in [6, 6.07) is 17.0. The third kappa shape index (κ3) is 2.88. The van der Waals surface area contributed by atoms with Crippen LogP contribution in [0.5, 0.6) is 11.6 Å². The number of hydrogen-bond acceptors (Lipinski definition) is 7. The summed E-state index contributed by atoms with van der Waals surface area (Å²) < 4.78 is 28.5. The van der Waals surface area contributed by atoms with E-state index in [1.807, 2.05) is 12.1 Å². The molecule has 0 saturated carbocycles. The SMILES string of the molecule is O=c1oc2ccccc2c2c1C(c1ccccc1F)c1c(ncn3nc(-c4cccnc4)nc13)O2. The highest BCUT2D eigenvalue weighted by molar-refractivity contribution is 5.87. The van der Waals surface area contributed by atoms with Gasteiger partial charge in [-0.1, -0.05) is 30.3 Å². The molecule has 0 radical (unpaired) electrons. The fourth-order valence-electron chi connectivity index (χ4n) is 4.57. The number of hydrogen-bond donors (Lipinski definition) is 0. The molecule has 0 fully saturated rings. The van der Waals surface area contributed by atoms with Crippen molar-refractivity contribution < 1.29 is 13.5 Å². The van der Waals surface area contributed by atoms with Crippen LogP contribution in [-0.4, -0.2) is 24.6 Å². The van der Waals surface area contributed by atoms with E-state index in [9.17, 15) is 4.79 Å². The van der Waals surface area contributed by atoms with Gasteiger partial charge in [0.25, 0.3) is 0 Å². The summed E-state index contributed by atoms with van der Waals surface area (Å²) in [4.78, 5) is 26.6. The summed E-state index contributed by atoms with van der Waals surface area (Å²) in [6.45, 7) is 0. The zero-order chi connectivity index (χ0) is 23.5. The average Bonchev–Trinajstić information content (AvgIpc) is 3.33. The summed E-state index contributed by atoms with van der Waals surface area (Å²) in [7, 11) is 0. The highest BCUT2D eigenvalue weighted by Gasteiger charge is 2.38. The van der Waals surface area contributed by atoms with Crippen LogP contribution in [0.1, 0.15) is 22.6 Å².